The minimum atomic E-state index is -0.0950. The molecule has 0 spiro atoms. The molecule has 6 nitrogen and oxygen atoms in total. The van der Waals surface area contributed by atoms with Crippen LogP contribution in [0.2, 0.25) is 0 Å². The maximum atomic E-state index is 12.2. The van der Waals surface area contributed by atoms with Gasteiger partial charge >= 0.3 is 0 Å². The summed E-state index contributed by atoms with van der Waals surface area (Å²) >= 11 is 0. The van der Waals surface area contributed by atoms with Crippen molar-refractivity contribution in [3.63, 3.8) is 0 Å². The van der Waals surface area contributed by atoms with E-state index in [9.17, 15) is 9.59 Å². The molecule has 1 aromatic carbocycles. The van der Waals surface area contributed by atoms with Gasteiger partial charge < -0.3 is 19.1 Å². The Hall–Kier alpha value is -2.24. The Morgan fingerprint density at radius 2 is 1.57 bits per heavy atom. The highest BCUT2D eigenvalue weighted by Gasteiger charge is 2.17. The minimum Gasteiger partial charge on any atom is -0.493 e. The summed E-state index contributed by atoms with van der Waals surface area (Å²) in [4.78, 5) is 24.8. The lowest BCUT2D eigenvalue weighted by Crippen LogP contribution is -2.26. The van der Waals surface area contributed by atoms with E-state index in [4.69, 9.17) is 14.2 Å². The third-order valence-electron chi connectivity index (χ3n) is 3.20. The van der Waals surface area contributed by atoms with Gasteiger partial charge in [0.05, 0.1) is 21.3 Å². The average molecular weight is 295 g/mol. The second-order valence-corrected chi connectivity index (χ2v) is 4.53. The first-order valence-electron chi connectivity index (χ1n) is 6.49. The third-order valence-corrected chi connectivity index (χ3v) is 3.20. The van der Waals surface area contributed by atoms with Gasteiger partial charge in [0.2, 0.25) is 11.7 Å². The number of hydrogen-bond acceptors (Lipinski definition) is 5. The summed E-state index contributed by atoms with van der Waals surface area (Å²) in [5.74, 6) is 1.13. The molecule has 1 amide bonds. The smallest absolute Gasteiger partial charge is 0.219 e. The lowest BCUT2D eigenvalue weighted by Gasteiger charge is -2.15. The molecule has 0 bridgehead atoms. The Morgan fingerprint density at radius 1 is 1.05 bits per heavy atom. The zero-order chi connectivity index (χ0) is 16.0. The van der Waals surface area contributed by atoms with E-state index in [1.807, 2.05) is 0 Å². The van der Waals surface area contributed by atoms with Gasteiger partial charge in [0.1, 0.15) is 0 Å². The number of nitrogens with zero attached hydrogens (tertiary/aromatic N) is 1. The molecule has 21 heavy (non-hydrogen) atoms. The number of rotatable bonds is 7. The van der Waals surface area contributed by atoms with Crippen molar-refractivity contribution >= 4 is 11.7 Å². The topological polar surface area (TPSA) is 65.1 Å². The van der Waals surface area contributed by atoms with Crippen LogP contribution >= 0.6 is 0 Å². The van der Waals surface area contributed by atoms with Crippen LogP contribution in [0.25, 0.3) is 0 Å². The molecule has 0 radical (unpaired) electrons. The molecule has 0 aliphatic carbocycles. The molecule has 0 atom stereocenters. The first-order valence-corrected chi connectivity index (χ1v) is 6.49. The van der Waals surface area contributed by atoms with Crippen molar-refractivity contribution in [3.05, 3.63) is 17.7 Å². The SMILES string of the molecule is COc1cc(C(=O)CCN(C)C(C)=O)cc(OC)c1OC. The lowest BCUT2D eigenvalue weighted by molar-refractivity contribution is -0.127. The first kappa shape index (κ1) is 16.8. The first-order chi connectivity index (χ1) is 9.94. The summed E-state index contributed by atoms with van der Waals surface area (Å²) in [6.45, 7) is 1.83. The number of hydrogen-bond donors (Lipinski definition) is 0. The molecule has 0 saturated carbocycles. The normalized spacial score (nSPS) is 9.95. The minimum absolute atomic E-state index is 0.0762. The summed E-state index contributed by atoms with van der Waals surface area (Å²) in [7, 11) is 6.15. The van der Waals surface area contributed by atoms with Crippen LogP contribution < -0.4 is 14.2 Å². The highest BCUT2D eigenvalue weighted by Crippen LogP contribution is 2.38. The fourth-order valence-electron chi connectivity index (χ4n) is 1.81. The molecule has 0 fully saturated rings. The van der Waals surface area contributed by atoms with Crippen LogP contribution in [0, 0.1) is 0 Å². The van der Waals surface area contributed by atoms with Crippen molar-refractivity contribution in [3.8, 4) is 17.2 Å². The summed E-state index contributed by atoms with van der Waals surface area (Å²) in [5.41, 5.74) is 0.460. The molecular formula is C15H21NO5. The number of amides is 1. The molecule has 0 heterocycles. The van der Waals surface area contributed by atoms with Crippen LogP contribution in [-0.2, 0) is 4.79 Å². The van der Waals surface area contributed by atoms with Crippen molar-refractivity contribution in [1.29, 1.82) is 0 Å². The summed E-state index contributed by atoms with van der Waals surface area (Å²) in [6, 6.07) is 3.22. The van der Waals surface area contributed by atoms with E-state index >= 15 is 0 Å². The van der Waals surface area contributed by atoms with Gasteiger partial charge in [-0.05, 0) is 12.1 Å². The maximum Gasteiger partial charge on any atom is 0.219 e. The van der Waals surface area contributed by atoms with Crippen molar-refractivity contribution < 1.29 is 23.8 Å². The van der Waals surface area contributed by atoms with Crippen LogP contribution in [0.5, 0.6) is 17.2 Å². The number of methoxy groups -OCH3 is 3. The number of carbonyl (C=O) groups excluding carboxylic acids is 2. The molecular weight excluding hydrogens is 274 g/mol. The Bertz CT molecular complexity index is 502. The van der Waals surface area contributed by atoms with Gasteiger partial charge in [-0.3, -0.25) is 9.59 Å². The zero-order valence-electron chi connectivity index (χ0n) is 13.1. The van der Waals surface area contributed by atoms with E-state index in [1.54, 1.807) is 19.2 Å². The number of benzene rings is 1. The molecule has 0 saturated heterocycles. The fraction of sp³-hybridized carbons (Fsp3) is 0.467. The maximum absolute atomic E-state index is 12.2. The molecule has 116 valence electrons. The van der Waals surface area contributed by atoms with E-state index in [2.05, 4.69) is 0 Å². The average Bonchev–Trinajstić information content (AvgIpc) is 2.50. The van der Waals surface area contributed by atoms with Crippen molar-refractivity contribution in [2.24, 2.45) is 0 Å². The quantitative estimate of drug-likeness (QED) is 0.717. The second-order valence-electron chi connectivity index (χ2n) is 4.53. The van der Waals surface area contributed by atoms with E-state index in [0.29, 0.717) is 29.4 Å². The second kappa shape index (κ2) is 7.52. The van der Waals surface area contributed by atoms with Crippen molar-refractivity contribution in [2.75, 3.05) is 34.9 Å². The summed E-state index contributed by atoms with van der Waals surface area (Å²) < 4.78 is 15.6. The molecule has 6 heteroatoms. The predicted octanol–water partition coefficient (Wildman–Crippen LogP) is 1.76. The van der Waals surface area contributed by atoms with Gasteiger partial charge in [0.25, 0.3) is 0 Å². The predicted molar refractivity (Wildman–Crippen MR) is 78.4 cm³/mol. The van der Waals surface area contributed by atoms with E-state index in [-0.39, 0.29) is 18.1 Å². The van der Waals surface area contributed by atoms with Crippen LogP contribution in [0.15, 0.2) is 12.1 Å². The van der Waals surface area contributed by atoms with Crippen LogP contribution in [0.1, 0.15) is 23.7 Å². The number of ether oxygens (including phenoxy) is 3. The van der Waals surface area contributed by atoms with E-state index in [0.717, 1.165) is 0 Å². The van der Waals surface area contributed by atoms with Gasteiger partial charge in [-0.1, -0.05) is 0 Å². The van der Waals surface area contributed by atoms with E-state index in [1.165, 1.54) is 33.2 Å². The standard InChI is InChI=1S/C15H21NO5/c1-10(17)16(2)7-6-12(18)11-8-13(19-3)15(21-5)14(9-11)20-4/h8-9H,6-7H2,1-5H3. The monoisotopic (exact) mass is 295 g/mol. The van der Waals surface area contributed by atoms with Gasteiger partial charge in [0, 0.05) is 32.5 Å². The molecule has 0 aliphatic heterocycles. The third kappa shape index (κ3) is 4.11. The van der Waals surface area contributed by atoms with Crippen LogP contribution in [0.4, 0.5) is 0 Å². The van der Waals surface area contributed by atoms with E-state index < -0.39 is 0 Å². The van der Waals surface area contributed by atoms with Crippen molar-refractivity contribution in [1.82, 2.24) is 4.90 Å². The molecule has 1 rings (SSSR count). The highest BCUT2D eigenvalue weighted by atomic mass is 16.5. The molecule has 0 aliphatic rings. The largest absolute Gasteiger partial charge is 0.493 e. The highest BCUT2D eigenvalue weighted by molar-refractivity contribution is 5.97. The Kier molecular flexibility index (Phi) is 6.02. The van der Waals surface area contributed by atoms with Crippen LogP contribution in [0.3, 0.4) is 0 Å². The molecule has 0 aromatic heterocycles. The summed E-state index contributed by atoms with van der Waals surface area (Å²) in [6.07, 6.45) is 0.231. The zero-order valence-corrected chi connectivity index (χ0v) is 13.1. The van der Waals surface area contributed by atoms with Crippen molar-refractivity contribution in [2.45, 2.75) is 13.3 Å². The van der Waals surface area contributed by atoms with Gasteiger partial charge in [-0.2, -0.15) is 0 Å². The summed E-state index contributed by atoms with van der Waals surface area (Å²) in [5, 5.41) is 0. The van der Waals surface area contributed by atoms with Crippen LogP contribution in [-0.4, -0.2) is 51.5 Å². The van der Waals surface area contributed by atoms with Gasteiger partial charge in [0.15, 0.2) is 17.3 Å². The van der Waals surface area contributed by atoms with Gasteiger partial charge in [-0.15, -0.1) is 0 Å². The lowest BCUT2D eigenvalue weighted by atomic mass is 10.1. The fourth-order valence-corrected chi connectivity index (χ4v) is 1.81. The number of ketones is 1. The number of carbonyl (C=O) groups is 2. The Balaban J connectivity index is 2.97. The Labute approximate surface area is 124 Å². The molecule has 1 aromatic rings. The molecule has 0 N–H and O–H groups in total. The Morgan fingerprint density at radius 3 is 1.95 bits per heavy atom. The molecule has 0 unspecified atom stereocenters. The van der Waals surface area contributed by atoms with Gasteiger partial charge in [-0.25, -0.2) is 0 Å². The number of Topliss-reactive ketones (excluding diaryl/α,β-unsaturated/α-hetero) is 1.